The van der Waals surface area contributed by atoms with Gasteiger partial charge in [0.1, 0.15) is 7.85 Å². The predicted octanol–water partition coefficient (Wildman–Crippen LogP) is 0.118. The molecule has 132 valence electrons. The van der Waals surface area contributed by atoms with Crippen LogP contribution in [0.1, 0.15) is 44.9 Å². The van der Waals surface area contributed by atoms with E-state index in [1.54, 1.807) is 0 Å². The van der Waals surface area contributed by atoms with Gasteiger partial charge in [0, 0.05) is 6.54 Å². The molecule has 1 aliphatic rings. The fourth-order valence-corrected chi connectivity index (χ4v) is 3.54. The Kier molecular flexibility index (Phi) is 9.25. The predicted molar refractivity (Wildman–Crippen MR) is 93.8 cm³/mol. The van der Waals surface area contributed by atoms with Crippen molar-refractivity contribution in [1.82, 2.24) is 5.32 Å². The fourth-order valence-electron chi connectivity index (χ4n) is 3.54. The molecule has 0 aromatic rings. The van der Waals surface area contributed by atoms with Gasteiger partial charge in [-0.05, 0) is 44.1 Å². The second-order valence-electron chi connectivity index (χ2n) is 6.81. The summed E-state index contributed by atoms with van der Waals surface area (Å²) in [7, 11) is 2.13. The van der Waals surface area contributed by atoms with Crippen molar-refractivity contribution in [2.24, 2.45) is 29.2 Å². The number of hydrogen-bond acceptors (Lipinski definition) is 4. The number of carbonyl (C=O) groups is 2. The van der Waals surface area contributed by atoms with Crippen LogP contribution in [0.3, 0.4) is 0 Å². The van der Waals surface area contributed by atoms with Crippen LogP contribution in [-0.4, -0.2) is 44.0 Å². The average molecular weight is 325 g/mol. The Labute approximate surface area is 140 Å². The Morgan fingerprint density at radius 2 is 2.04 bits per heavy atom. The van der Waals surface area contributed by atoms with Crippen molar-refractivity contribution >= 4 is 19.7 Å². The number of nitrogens with two attached hydrogens (primary N) is 2. The largest absolute Gasteiger partial charge is 0.481 e. The summed E-state index contributed by atoms with van der Waals surface area (Å²) in [6, 6.07) is -0.527. The molecule has 0 heterocycles. The first-order valence-corrected chi connectivity index (χ1v) is 8.95. The highest BCUT2D eigenvalue weighted by Gasteiger charge is 2.35. The topological polar surface area (TPSA) is 118 Å². The number of rotatable bonds is 10. The monoisotopic (exact) mass is 325 g/mol. The van der Waals surface area contributed by atoms with Gasteiger partial charge in [-0.3, -0.25) is 9.59 Å². The Balaban J connectivity index is 2.42. The molecule has 1 aliphatic carbocycles. The Morgan fingerprint density at radius 3 is 2.65 bits per heavy atom. The van der Waals surface area contributed by atoms with E-state index >= 15 is 0 Å². The zero-order chi connectivity index (χ0) is 17.2. The normalized spacial score (nSPS) is 25.7. The van der Waals surface area contributed by atoms with Crippen LogP contribution in [0.15, 0.2) is 0 Å². The lowest BCUT2D eigenvalue weighted by atomic mass is 9.71. The lowest BCUT2D eigenvalue weighted by Crippen LogP contribution is -2.45. The van der Waals surface area contributed by atoms with Gasteiger partial charge in [-0.2, -0.15) is 0 Å². The van der Waals surface area contributed by atoms with E-state index in [-0.39, 0.29) is 17.7 Å². The second kappa shape index (κ2) is 10.7. The first-order chi connectivity index (χ1) is 11.0. The summed E-state index contributed by atoms with van der Waals surface area (Å²) in [5.41, 5.74) is 11.3. The standard InChI is InChI=1S/C16H32BN3O3/c17-7-6-11-4-5-12(13(9-11)16(22)23)10-20-15(21)14(19)3-1-2-8-18/h11-14H,1-10,17-19H2,(H,20,21)(H,22,23)/t11-,12-,13-,14-/m0/s1. The maximum Gasteiger partial charge on any atom is 0.306 e. The van der Waals surface area contributed by atoms with E-state index < -0.39 is 12.0 Å². The van der Waals surface area contributed by atoms with E-state index in [1.165, 1.54) is 0 Å². The smallest absolute Gasteiger partial charge is 0.306 e. The molecule has 23 heavy (non-hydrogen) atoms. The molecule has 7 heteroatoms. The minimum Gasteiger partial charge on any atom is -0.481 e. The molecule has 0 bridgehead atoms. The Hall–Kier alpha value is -1.08. The van der Waals surface area contributed by atoms with Crippen LogP contribution in [0.5, 0.6) is 0 Å². The van der Waals surface area contributed by atoms with Gasteiger partial charge >= 0.3 is 5.97 Å². The zero-order valence-corrected chi connectivity index (χ0v) is 14.3. The highest BCUT2D eigenvalue weighted by atomic mass is 16.4. The molecule has 1 fully saturated rings. The van der Waals surface area contributed by atoms with Crippen molar-refractivity contribution in [3.63, 3.8) is 0 Å². The summed E-state index contributed by atoms with van der Waals surface area (Å²) in [5.74, 6) is -0.749. The molecule has 0 spiro atoms. The fraction of sp³-hybridized carbons (Fsp3) is 0.875. The van der Waals surface area contributed by atoms with Crippen LogP contribution in [-0.2, 0) is 9.59 Å². The summed E-state index contributed by atoms with van der Waals surface area (Å²) in [6.07, 6.45) is 7.16. The molecule has 0 aromatic heterocycles. The molecule has 0 unspecified atom stereocenters. The molecule has 1 amide bonds. The van der Waals surface area contributed by atoms with Crippen LogP contribution in [0.4, 0.5) is 0 Å². The minimum absolute atomic E-state index is 0.0146. The first kappa shape index (κ1) is 20.0. The van der Waals surface area contributed by atoms with Gasteiger partial charge in [-0.1, -0.05) is 25.6 Å². The molecule has 0 aliphatic heterocycles. The van der Waals surface area contributed by atoms with E-state index in [0.717, 1.165) is 44.8 Å². The van der Waals surface area contributed by atoms with Crippen LogP contribution in [0.25, 0.3) is 0 Å². The van der Waals surface area contributed by atoms with Gasteiger partial charge in [-0.25, -0.2) is 0 Å². The van der Waals surface area contributed by atoms with Crippen LogP contribution in [0.2, 0.25) is 6.32 Å². The van der Waals surface area contributed by atoms with Gasteiger partial charge in [0.2, 0.25) is 5.91 Å². The molecule has 6 N–H and O–H groups in total. The maximum atomic E-state index is 12.0. The number of nitrogens with one attached hydrogen (secondary N) is 1. The van der Waals surface area contributed by atoms with Crippen LogP contribution in [0, 0.1) is 17.8 Å². The molecular formula is C16H32BN3O3. The minimum atomic E-state index is -0.739. The summed E-state index contributed by atoms with van der Waals surface area (Å²) < 4.78 is 0. The molecule has 6 nitrogen and oxygen atoms in total. The third kappa shape index (κ3) is 6.91. The van der Waals surface area contributed by atoms with Gasteiger partial charge in [0.25, 0.3) is 0 Å². The number of unbranched alkanes of at least 4 members (excludes halogenated alkanes) is 1. The summed E-state index contributed by atoms with van der Waals surface area (Å²) in [4.78, 5) is 23.5. The summed E-state index contributed by atoms with van der Waals surface area (Å²) in [6.45, 7) is 1.02. The highest BCUT2D eigenvalue weighted by Crippen LogP contribution is 2.36. The van der Waals surface area contributed by atoms with E-state index in [0.29, 0.717) is 25.4 Å². The third-order valence-corrected chi connectivity index (χ3v) is 4.96. The van der Waals surface area contributed by atoms with Crippen molar-refractivity contribution in [2.75, 3.05) is 13.1 Å². The van der Waals surface area contributed by atoms with Crippen molar-refractivity contribution in [2.45, 2.75) is 57.3 Å². The molecule has 0 aromatic carbocycles. The molecule has 0 radical (unpaired) electrons. The van der Waals surface area contributed by atoms with Crippen LogP contribution < -0.4 is 16.8 Å². The molecule has 0 saturated heterocycles. The quantitative estimate of drug-likeness (QED) is 0.336. The van der Waals surface area contributed by atoms with Gasteiger partial charge in [0.05, 0.1) is 12.0 Å². The van der Waals surface area contributed by atoms with Crippen molar-refractivity contribution < 1.29 is 14.7 Å². The highest BCUT2D eigenvalue weighted by molar-refractivity contribution is 6.08. The Bertz CT molecular complexity index is 382. The molecule has 1 saturated carbocycles. The second-order valence-corrected chi connectivity index (χ2v) is 6.81. The van der Waals surface area contributed by atoms with Crippen molar-refractivity contribution in [3.8, 4) is 0 Å². The number of carboxylic acid groups (broad SMARTS) is 1. The van der Waals surface area contributed by atoms with E-state index in [4.69, 9.17) is 11.5 Å². The van der Waals surface area contributed by atoms with E-state index in [1.807, 2.05) is 0 Å². The number of carboxylic acids is 1. The first-order valence-electron chi connectivity index (χ1n) is 8.95. The van der Waals surface area contributed by atoms with Gasteiger partial charge in [-0.15, -0.1) is 0 Å². The van der Waals surface area contributed by atoms with Gasteiger partial charge in [0.15, 0.2) is 0 Å². The number of carbonyl (C=O) groups excluding carboxylic acids is 1. The SMILES string of the molecule is BCC[C@@H]1CC[C@@H](CNC(=O)[C@@H](N)CCCCN)[C@@H](C(=O)O)C1. The van der Waals surface area contributed by atoms with Crippen molar-refractivity contribution in [1.29, 1.82) is 0 Å². The molecular weight excluding hydrogens is 293 g/mol. The van der Waals surface area contributed by atoms with Gasteiger partial charge < -0.3 is 21.9 Å². The lowest BCUT2D eigenvalue weighted by Gasteiger charge is -2.34. The summed E-state index contributed by atoms with van der Waals surface area (Å²) >= 11 is 0. The van der Waals surface area contributed by atoms with Crippen molar-refractivity contribution in [3.05, 3.63) is 0 Å². The molecule has 4 atom stereocenters. The summed E-state index contributed by atoms with van der Waals surface area (Å²) in [5, 5.41) is 12.3. The van der Waals surface area contributed by atoms with E-state index in [9.17, 15) is 14.7 Å². The molecule has 1 rings (SSSR count). The van der Waals surface area contributed by atoms with E-state index in [2.05, 4.69) is 13.2 Å². The Morgan fingerprint density at radius 1 is 1.30 bits per heavy atom. The maximum absolute atomic E-state index is 12.0. The third-order valence-electron chi connectivity index (χ3n) is 4.96. The lowest BCUT2D eigenvalue weighted by molar-refractivity contribution is -0.146. The number of amides is 1. The number of hydrogen-bond donors (Lipinski definition) is 4. The zero-order valence-electron chi connectivity index (χ0n) is 14.3. The number of aliphatic carboxylic acids is 1. The van der Waals surface area contributed by atoms with Crippen LogP contribution >= 0.6 is 0 Å². The average Bonchev–Trinajstić information content (AvgIpc) is 2.53.